The first kappa shape index (κ1) is 14.5. The summed E-state index contributed by atoms with van der Waals surface area (Å²) in [6.45, 7) is 2.24. The molecule has 0 spiro atoms. The van der Waals surface area contributed by atoms with Crippen LogP contribution in [-0.4, -0.2) is 22.8 Å². The fourth-order valence-electron chi connectivity index (χ4n) is 3.66. The summed E-state index contributed by atoms with van der Waals surface area (Å²) < 4.78 is 5.81. The highest BCUT2D eigenvalue weighted by Crippen LogP contribution is 2.43. The lowest BCUT2D eigenvalue weighted by molar-refractivity contribution is -0.134. The van der Waals surface area contributed by atoms with Gasteiger partial charge in [0.25, 0.3) is 0 Å². The second-order valence-electron chi connectivity index (χ2n) is 6.33. The Morgan fingerprint density at radius 3 is 3.00 bits per heavy atom. The molecule has 1 aromatic carbocycles. The number of rotatable bonds is 3. The van der Waals surface area contributed by atoms with Crippen LogP contribution in [0.3, 0.4) is 0 Å². The SMILES string of the molecule is COC1(C(O)c2ccc3ncccc3c2)CCCC(C)C1. The van der Waals surface area contributed by atoms with E-state index in [0.29, 0.717) is 5.92 Å². The molecular formula is C18H23NO2. The van der Waals surface area contributed by atoms with Crippen molar-refractivity contribution in [1.82, 2.24) is 4.98 Å². The number of ether oxygens (including phenoxy) is 1. The maximum atomic E-state index is 10.9. The van der Waals surface area contributed by atoms with Gasteiger partial charge in [0.15, 0.2) is 0 Å². The van der Waals surface area contributed by atoms with Crippen molar-refractivity contribution >= 4 is 10.9 Å². The maximum Gasteiger partial charge on any atom is 0.108 e. The van der Waals surface area contributed by atoms with E-state index in [0.717, 1.165) is 35.7 Å². The molecule has 0 radical (unpaired) electrons. The second kappa shape index (κ2) is 5.74. The fourth-order valence-corrected chi connectivity index (χ4v) is 3.66. The molecule has 3 nitrogen and oxygen atoms in total. The molecule has 0 bridgehead atoms. The van der Waals surface area contributed by atoms with Crippen LogP contribution in [0.2, 0.25) is 0 Å². The lowest BCUT2D eigenvalue weighted by Gasteiger charge is -2.42. The first-order chi connectivity index (χ1) is 10.1. The summed E-state index contributed by atoms with van der Waals surface area (Å²) >= 11 is 0. The van der Waals surface area contributed by atoms with Gasteiger partial charge >= 0.3 is 0 Å². The first-order valence-electron chi connectivity index (χ1n) is 7.72. The molecule has 3 heteroatoms. The van der Waals surface area contributed by atoms with Gasteiger partial charge in [-0.2, -0.15) is 0 Å². The van der Waals surface area contributed by atoms with E-state index in [1.165, 1.54) is 6.42 Å². The zero-order valence-electron chi connectivity index (χ0n) is 12.7. The number of hydrogen-bond donors (Lipinski definition) is 1. The quantitative estimate of drug-likeness (QED) is 0.931. The highest BCUT2D eigenvalue weighted by Gasteiger charge is 2.42. The van der Waals surface area contributed by atoms with Crippen LogP contribution in [0.1, 0.15) is 44.3 Å². The van der Waals surface area contributed by atoms with Gasteiger partial charge in [-0.1, -0.05) is 31.9 Å². The summed E-state index contributed by atoms with van der Waals surface area (Å²) in [4.78, 5) is 4.33. The number of aromatic nitrogens is 1. The van der Waals surface area contributed by atoms with Crippen LogP contribution in [0.5, 0.6) is 0 Å². The van der Waals surface area contributed by atoms with Crippen LogP contribution in [0.25, 0.3) is 10.9 Å². The van der Waals surface area contributed by atoms with Gasteiger partial charge in [-0.05, 0) is 42.5 Å². The van der Waals surface area contributed by atoms with Gasteiger partial charge in [0.1, 0.15) is 6.10 Å². The van der Waals surface area contributed by atoms with Crippen LogP contribution in [0.15, 0.2) is 36.5 Å². The third-order valence-corrected chi connectivity index (χ3v) is 4.84. The molecule has 1 aliphatic carbocycles. The third kappa shape index (κ3) is 2.68. The van der Waals surface area contributed by atoms with Crippen molar-refractivity contribution in [3.05, 3.63) is 42.1 Å². The lowest BCUT2D eigenvalue weighted by Crippen LogP contribution is -2.42. The number of fused-ring (bicyclic) bond motifs is 1. The molecule has 112 valence electrons. The van der Waals surface area contributed by atoms with E-state index >= 15 is 0 Å². The van der Waals surface area contributed by atoms with E-state index in [-0.39, 0.29) is 0 Å². The maximum absolute atomic E-state index is 10.9. The van der Waals surface area contributed by atoms with Crippen molar-refractivity contribution in [3.8, 4) is 0 Å². The Labute approximate surface area is 126 Å². The van der Waals surface area contributed by atoms with E-state index in [4.69, 9.17) is 4.74 Å². The number of hydrogen-bond acceptors (Lipinski definition) is 3. The molecule has 3 unspecified atom stereocenters. The Kier molecular flexibility index (Phi) is 3.96. The molecule has 2 aromatic rings. The van der Waals surface area contributed by atoms with Crippen LogP contribution >= 0.6 is 0 Å². The summed E-state index contributed by atoms with van der Waals surface area (Å²) in [5.74, 6) is 0.593. The molecule has 0 amide bonds. The fraction of sp³-hybridized carbons (Fsp3) is 0.500. The third-order valence-electron chi connectivity index (χ3n) is 4.84. The lowest BCUT2D eigenvalue weighted by atomic mass is 9.74. The zero-order chi connectivity index (χ0) is 14.9. The number of aliphatic hydroxyl groups excluding tert-OH is 1. The van der Waals surface area contributed by atoms with E-state index in [2.05, 4.69) is 11.9 Å². The van der Waals surface area contributed by atoms with Gasteiger partial charge in [0.05, 0.1) is 11.1 Å². The average Bonchev–Trinajstić information content (AvgIpc) is 2.53. The molecule has 1 heterocycles. The Morgan fingerprint density at radius 2 is 2.24 bits per heavy atom. The van der Waals surface area contributed by atoms with Gasteiger partial charge in [0, 0.05) is 18.7 Å². The normalized spacial score (nSPS) is 27.7. The Hall–Kier alpha value is -1.45. The predicted molar refractivity (Wildman–Crippen MR) is 84.1 cm³/mol. The van der Waals surface area contributed by atoms with Gasteiger partial charge < -0.3 is 9.84 Å². The zero-order valence-corrected chi connectivity index (χ0v) is 12.7. The number of methoxy groups -OCH3 is 1. The molecule has 21 heavy (non-hydrogen) atoms. The van der Waals surface area contributed by atoms with Crippen molar-refractivity contribution in [2.45, 2.75) is 44.3 Å². The minimum Gasteiger partial charge on any atom is -0.385 e. The topological polar surface area (TPSA) is 42.4 Å². The molecule has 1 aromatic heterocycles. The highest BCUT2D eigenvalue weighted by molar-refractivity contribution is 5.79. The molecule has 3 rings (SSSR count). The van der Waals surface area contributed by atoms with Gasteiger partial charge in [-0.25, -0.2) is 0 Å². The summed E-state index contributed by atoms with van der Waals surface area (Å²) in [7, 11) is 1.73. The molecule has 1 N–H and O–H groups in total. The summed E-state index contributed by atoms with van der Waals surface area (Å²) in [6.07, 6.45) is 5.36. The summed E-state index contributed by atoms with van der Waals surface area (Å²) in [5.41, 5.74) is 1.43. The van der Waals surface area contributed by atoms with Gasteiger partial charge in [-0.15, -0.1) is 0 Å². The molecule has 1 fully saturated rings. The van der Waals surface area contributed by atoms with Crippen LogP contribution in [0, 0.1) is 5.92 Å². The monoisotopic (exact) mass is 285 g/mol. The van der Waals surface area contributed by atoms with Crippen LogP contribution in [-0.2, 0) is 4.74 Å². The van der Waals surface area contributed by atoms with Crippen molar-refractivity contribution in [2.75, 3.05) is 7.11 Å². The number of pyridine rings is 1. The van der Waals surface area contributed by atoms with Crippen molar-refractivity contribution in [1.29, 1.82) is 0 Å². The van der Waals surface area contributed by atoms with E-state index in [9.17, 15) is 5.11 Å². The van der Waals surface area contributed by atoms with E-state index in [1.807, 2.05) is 30.3 Å². The van der Waals surface area contributed by atoms with Gasteiger partial charge in [0.2, 0.25) is 0 Å². The molecule has 1 aliphatic rings. The number of benzene rings is 1. The average molecular weight is 285 g/mol. The Balaban J connectivity index is 1.96. The predicted octanol–water partition coefficient (Wildman–Crippen LogP) is 3.86. The number of nitrogens with zero attached hydrogens (tertiary/aromatic N) is 1. The van der Waals surface area contributed by atoms with Crippen molar-refractivity contribution < 1.29 is 9.84 Å². The molecule has 3 atom stereocenters. The largest absolute Gasteiger partial charge is 0.385 e. The van der Waals surface area contributed by atoms with Crippen molar-refractivity contribution in [3.63, 3.8) is 0 Å². The smallest absolute Gasteiger partial charge is 0.108 e. The Morgan fingerprint density at radius 1 is 1.38 bits per heavy atom. The summed E-state index contributed by atoms with van der Waals surface area (Å²) in [6, 6.07) is 9.94. The molecule has 0 saturated heterocycles. The first-order valence-corrected chi connectivity index (χ1v) is 7.72. The van der Waals surface area contributed by atoms with Crippen LogP contribution in [0.4, 0.5) is 0 Å². The number of aliphatic hydroxyl groups is 1. The van der Waals surface area contributed by atoms with Crippen LogP contribution < -0.4 is 0 Å². The summed E-state index contributed by atoms with van der Waals surface area (Å²) in [5, 5.41) is 12.0. The van der Waals surface area contributed by atoms with Gasteiger partial charge in [-0.3, -0.25) is 4.98 Å². The minimum absolute atomic E-state index is 0.451. The molecular weight excluding hydrogens is 262 g/mol. The van der Waals surface area contributed by atoms with E-state index in [1.54, 1.807) is 13.3 Å². The second-order valence-corrected chi connectivity index (χ2v) is 6.33. The molecule has 1 saturated carbocycles. The standard InChI is InChI=1S/C18H23NO2/c1-13-5-3-9-18(12-13,21-2)17(20)15-7-8-16-14(11-15)6-4-10-19-16/h4,6-8,10-11,13,17,20H,3,5,9,12H2,1-2H3. The minimum atomic E-state index is -0.588. The molecule has 0 aliphatic heterocycles. The van der Waals surface area contributed by atoms with E-state index < -0.39 is 11.7 Å². The highest BCUT2D eigenvalue weighted by atomic mass is 16.5. The van der Waals surface area contributed by atoms with Crippen molar-refractivity contribution in [2.24, 2.45) is 5.92 Å². The Bertz CT molecular complexity index is 627.